The van der Waals surface area contributed by atoms with E-state index in [1.54, 1.807) is 0 Å². The third-order valence-corrected chi connectivity index (χ3v) is 3.22. The lowest BCUT2D eigenvalue weighted by molar-refractivity contribution is -0.159. The van der Waals surface area contributed by atoms with Crippen LogP contribution in [0.5, 0.6) is 0 Å². The highest BCUT2D eigenvalue weighted by molar-refractivity contribution is 5.70. The summed E-state index contributed by atoms with van der Waals surface area (Å²) in [6.07, 6.45) is 6.49. The van der Waals surface area contributed by atoms with Crippen LogP contribution < -0.4 is 0 Å². The number of hydrogen-bond acceptors (Lipinski definition) is 3. The lowest BCUT2D eigenvalue weighted by atomic mass is 9.83. The molecule has 0 spiro atoms. The van der Waals surface area contributed by atoms with E-state index in [1.165, 1.54) is 6.42 Å². The Kier molecular flexibility index (Phi) is 5.25. The summed E-state index contributed by atoms with van der Waals surface area (Å²) in [5, 5.41) is 18.4. The normalized spacial score (nSPS) is 19.1. The van der Waals surface area contributed by atoms with Gasteiger partial charge in [0.15, 0.2) is 0 Å². The van der Waals surface area contributed by atoms with Gasteiger partial charge in [0.05, 0.1) is 12.5 Å². The molecule has 5 heteroatoms. The summed E-state index contributed by atoms with van der Waals surface area (Å²) in [4.78, 5) is 21.2. The summed E-state index contributed by atoms with van der Waals surface area (Å²) in [5.41, 5.74) is 0. The molecule has 1 unspecified atom stereocenters. The van der Waals surface area contributed by atoms with Gasteiger partial charge in [0, 0.05) is 0 Å². The second-order valence-electron chi connectivity index (χ2n) is 4.50. The van der Waals surface area contributed by atoms with Gasteiger partial charge in [-0.1, -0.05) is 32.1 Å². The van der Waals surface area contributed by atoms with Crippen LogP contribution in [0.2, 0.25) is 0 Å². The molecule has 0 aromatic rings. The van der Waals surface area contributed by atoms with Gasteiger partial charge >= 0.3 is 5.97 Å². The molecular weight excluding hydrogens is 210 g/mol. The largest absolute Gasteiger partial charge is 0.481 e. The molecule has 5 nitrogen and oxygen atoms in total. The monoisotopic (exact) mass is 229 g/mol. The lowest BCUT2D eigenvalue weighted by Crippen LogP contribution is -2.31. The molecule has 0 aliphatic heterocycles. The van der Waals surface area contributed by atoms with Gasteiger partial charge in [0.2, 0.25) is 6.41 Å². The molecule has 0 saturated heterocycles. The van der Waals surface area contributed by atoms with E-state index in [0.717, 1.165) is 25.7 Å². The number of carboxylic acid groups (broad SMARTS) is 1. The fourth-order valence-corrected chi connectivity index (χ4v) is 2.35. The number of nitrogens with zero attached hydrogens (tertiary/aromatic N) is 1. The molecule has 92 valence electrons. The van der Waals surface area contributed by atoms with Gasteiger partial charge in [-0.2, -0.15) is 0 Å². The van der Waals surface area contributed by atoms with Crippen molar-refractivity contribution in [2.24, 2.45) is 11.8 Å². The maximum Gasteiger partial charge on any atom is 0.308 e. The third-order valence-electron chi connectivity index (χ3n) is 3.22. The zero-order chi connectivity index (χ0) is 12.0. The van der Waals surface area contributed by atoms with E-state index in [-0.39, 0.29) is 13.0 Å². The SMILES string of the molecule is O=CN(O)CC(CC1CCCCC1)C(=O)O. The molecule has 16 heavy (non-hydrogen) atoms. The van der Waals surface area contributed by atoms with Crippen molar-refractivity contribution >= 4 is 12.4 Å². The average Bonchev–Trinajstić information content (AvgIpc) is 2.29. The van der Waals surface area contributed by atoms with E-state index < -0.39 is 11.9 Å². The number of rotatable bonds is 6. The number of amides is 1. The molecular formula is C11H19NO4. The molecule has 0 bridgehead atoms. The minimum Gasteiger partial charge on any atom is -0.481 e. The Bertz CT molecular complexity index is 238. The minimum absolute atomic E-state index is 0.116. The average molecular weight is 229 g/mol. The molecule has 1 fully saturated rings. The number of aliphatic carboxylic acids is 1. The highest BCUT2D eigenvalue weighted by Crippen LogP contribution is 2.29. The first kappa shape index (κ1) is 13.0. The molecule has 0 aromatic heterocycles. The third kappa shape index (κ3) is 4.18. The Morgan fingerprint density at radius 1 is 1.38 bits per heavy atom. The summed E-state index contributed by atoms with van der Waals surface area (Å²) in [7, 11) is 0. The second kappa shape index (κ2) is 6.48. The Morgan fingerprint density at radius 2 is 2.00 bits per heavy atom. The lowest BCUT2D eigenvalue weighted by Gasteiger charge is -2.25. The maximum absolute atomic E-state index is 11.0. The number of carbonyl (C=O) groups excluding carboxylic acids is 1. The molecule has 0 aromatic carbocycles. The van der Waals surface area contributed by atoms with Crippen molar-refractivity contribution in [2.75, 3.05) is 6.54 Å². The molecule has 1 rings (SSSR count). The summed E-state index contributed by atoms with van der Waals surface area (Å²) in [6.45, 7) is -0.116. The summed E-state index contributed by atoms with van der Waals surface area (Å²) in [6, 6.07) is 0. The van der Waals surface area contributed by atoms with E-state index >= 15 is 0 Å². The molecule has 0 radical (unpaired) electrons. The van der Waals surface area contributed by atoms with Crippen LogP contribution in [0.4, 0.5) is 0 Å². The molecule has 1 atom stereocenters. The van der Waals surface area contributed by atoms with Gasteiger partial charge < -0.3 is 5.11 Å². The van der Waals surface area contributed by atoms with Gasteiger partial charge in [-0.25, -0.2) is 5.06 Å². The smallest absolute Gasteiger partial charge is 0.308 e. The quantitative estimate of drug-likeness (QED) is 0.411. The molecule has 2 N–H and O–H groups in total. The highest BCUT2D eigenvalue weighted by atomic mass is 16.5. The number of carboxylic acids is 1. The number of carbonyl (C=O) groups is 2. The Morgan fingerprint density at radius 3 is 2.50 bits per heavy atom. The van der Waals surface area contributed by atoms with Crippen molar-refractivity contribution in [1.82, 2.24) is 5.06 Å². The van der Waals surface area contributed by atoms with Crippen molar-refractivity contribution in [2.45, 2.75) is 38.5 Å². The molecule has 1 saturated carbocycles. The number of hydroxylamine groups is 2. The first-order valence-electron chi connectivity index (χ1n) is 5.77. The fourth-order valence-electron chi connectivity index (χ4n) is 2.35. The van der Waals surface area contributed by atoms with Gasteiger partial charge in [0.25, 0.3) is 0 Å². The topological polar surface area (TPSA) is 77.8 Å². The van der Waals surface area contributed by atoms with E-state index in [4.69, 9.17) is 10.3 Å². The van der Waals surface area contributed by atoms with Crippen LogP contribution in [-0.4, -0.2) is 34.3 Å². The number of hydrogen-bond donors (Lipinski definition) is 2. The fraction of sp³-hybridized carbons (Fsp3) is 0.818. The predicted molar refractivity (Wildman–Crippen MR) is 56.9 cm³/mol. The van der Waals surface area contributed by atoms with E-state index in [1.807, 2.05) is 0 Å². The van der Waals surface area contributed by atoms with Gasteiger partial charge in [-0.15, -0.1) is 0 Å². The molecule has 1 aliphatic carbocycles. The minimum atomic E-state index is -0.938. The Hall–Kier alpha value is -1.10. The Balaban J connectivity index is 2.43. The van der Waals surface area contributed by atoms with E-state index in [0.29, 0.717) is 17.4 Å². The maximum atomic E-state index is 11.0. The zero-order valence-corrected chi connectivity index (χ0v) is 9.34. The van der Waals surface area contributed by atoms with Gasteiger partial charge in [0.1, 0.15) is 0 Å². The zero-order valence-electron chi connectivity index (χ0n) is 9.34. The summed E-state index contributed by atoms with van der Waals surface area (Å²) >= 11 is 0. The van der Waals surface area contributed by atoms with Crippen LogP contribution >= 0.6 is 0 Å². The standard InChI is InChI=1S/C11H19NO4/c13-8-12(16)7-10(11(14)15)6-9-4-2-1-3-5-9/h8-10,16H,1-7H2,(H,14,15). The summed E-state index contributed by atoms with van der Waals surface area (Å²) < 4.78 is 0. The molecule has 1 amide bonds. The van der Waals surface area contributed by atoms with Crippen LogP contribution in [0.3, 0.4) is 0 Å². The van der Waals surface area contributed by atoms with Gasteiger partial charge in [-0.3, -0.25) is 14.8 Å². The van der Waals surface area contributed by atoms with Crippen LogP contribution in [-0.2, 0) is 9.59 Å². The first-order chi connectivity index (χ1) is 7.63. The van der Waals surface area contributed by atoms with Crippen molar-refractivity contribution in [1.29, 1.82) is 0 Å². The summed E-state index contributed by atoms with van der Waals surface area (Å²) in [5.74, 6) is -1.17. The molecule has 1 aliphatic rings. The molecule has 0 heterocycles. The first-order valence-corrected chi connectivity index (χ1v) is 5.77. The highest BCUT2D eigenvalue weighted by Gasteiger charge is 2.25. The van der Waals surface area contributed by atoms with Crippen molar-refractivity contribution in [3.63, 3.8) is 0 Å². The second-order valence-corrected chi connectivity index (χ2v) is 4.50. The van der Waals surface area contributed by atoms with Crippen molar-refractivity contribution < 1.29 is 19.9 Å². The van der Waals surface area contributed by atoms with Crippen LogP contribution in [0.25, 0.3) is 0 Å². The van der Waals surface area contributed by atoms with Crippen molar-refractivity contribution in [3.8, 4) is 0 Å². The predicted octanol–water partition coefficient (Wildman–Crippen LogP) is 1.51. The van der Waals surface area contributed by atoms with Crippen molar-refractivity contribution in [3.05, 3.63) is 0 Å². The van der Waals surface area contributed by atoms with Crippen LogP contribution in [0.15, 0.2) is 0 Å². The van der Waals surface area contributed by atoms with E-state index in [9.17, 15) is 9.59 Å². The van der Waals surface area contributed by atoms with Gasteiger partial charge in [-0.05, 0) is 12.3 Å². The van der Waals surface area contributed by atoms with Crippen LogP contribution in [0, 0.1) is 11.8 Å². The van der Waals surface area contributed by atoms with E-state index in [2.05, 4.69) is 0 Å². The van der Waals surface area contributed by atoms with Crippen LogP contribution in [0.1, 0.15) is 38.5 Å². The Labute approximate surface area is 95.0 Å².